The number of hydrogen-bond donors (Lipinski definition) is 1. The lowest BCUT2D eigenvalue weighted by Gasteiger charge is -2.10. The third kappa shape index (κ3) is 3.13. The summed E-state index contributed by atoms with van der Waals surface area (Å²) >= 11 is 0. The summed E-state index contributed by atoms with van der Waals surface area (Å²) in [5.74, 6) is 1.49. The van der Waals surface area contributed by atoms with Crippen LogP contribution in [0.15, 0.2) is 54.9 Å². The largest absolute Gasteiger partial charge is 0.491 e. The van der Waals surface area contributed by atoms with Gasteiger partial charge in [0.2, 0.25) is 0 Å². The molecule has 0 saturated heterocycles. The van der Waals surface area contributed by atoms with E-state index in [-0.39, 0.29) is 0 Å². The summed E-state index contributed by atoms with van der Waals surface area (Å²) in [6.45, 7) is 1.11. The van der Waals surface area contributed by atoms with Crippen molar-refractivity contribution in [1.82, 2.24) is 9.97 Å². The van der Waals surface area contributed by atoms with Crippen LogP contribution in [0.25, 0.3) is 10.8 Å². The predicted molar refractivity (Wildman–Crippen MR) is 84.7 cm³/mol. The van der Waals surface area contributed by atoms with Gasteiger partial charge in [0, 0.05) is 5.39 Å². The average molecular weight is 290 g/mol. The van der Waals surface area contributed by atoms with E-state index in [1.165, 1.54) is 12.4 Å². The third-order valence-corrected chi connectivity index (χ3v) is 3.18. The minimum absolute atomic E-state index is 0.303. The van der Waals surface area contributed by atoms with Gasteiger partial charge in [-0.1, -0.05) is 36.4 Å². The molecule has 3 aromatic rings. The molecule has 22 heavy (non-hydrogen) atoms. The molecule has 1 N–H and O–H groups in total. The van der Waals surface area contributed by atoms with E-state index in [9.17, 15) is 0 Å². The maximum absolute atomic E-state index is 8.66. The molecule has 0 aliphatic rings. The van der Waals surface area contributed by atoms with Crippen molar-refractivity contribution in [3.05, 3.63) is 60.6 Å². The van der Waals surface area contributed by atoms with E-state index < -0.39 is 0 Å². The van der Waals surface area contributed by atoms with E-state index in [2.05, 4.69) is 27.4 Å². The SMILES string of the molecule is N#Cc1cnc(NCCOc2cccc3ccccc23)cn1. The second kappa shape index (κ2) is 6.55. The highest BCUT2D eigenvalue weighted by atomic mass is 16.5. The fourth-order valence-corrected chi connectivity index (χ4v) is 2.14. The lowest BCUT2D eigenvalue weighted by Crippen LogP contribution is -2.12. The summed E-state index contributed by atoms with van der Waals surface area (Å²) in [5, 5.41) is 14.0. The van der Waals surface area contributed by atoms with Gasteiger partial charge in [-0.05, 0) is 11.5 Å². The van der Waals surface area contributed by atoms with Crippen LogP contribution in [0.3, 0.4) is 0 Å². The van der Waals surface area contributed by atoms with Gasteiger partial charge in [-0.3, -0.25) is 0 Å². The summed E-state index contributed by atoms with van der Waals surface area (Å²) in [6.07, 6.45) is 2.98. The lowest BCUT2D eigenvalue weighted by atomic mass is 10.1. The van der Waals surface area contributed by atoms with Gasteiger partial charge >= 0.3 is 0 Å². The van der Waals surface area contributed by atoms with Crippen LogP contribution in [0.2, 0.25) is 0 Å². The highest BCUT2D eigenvalue weighted by Crippen LogP contribution is 2.24. The Morgan fingerprint density at radius 2 is 1.91 bits per heavy atom. The van der Waals surface area contributed by atoms with Crippen molar-refractivity contribution >= 4 is 16.6 Å². The van der Waals surface area contributed by atoms with Crippen LogP contribution in [0, 0.1) is 11.3 Å². The molecule has 2 aromatic carbocycles. The number of ether oxygens (including phenoxy) is 1. The molecular formula is C17H14N4O. The molecule has 108 valence electrons. The standard InChI is InChI=1S/C17H14N4O/c18-10-14-11-21-17(12-20-14)19-8-9-22-16-7-3-5-13-4-1-2-6-15(13)16/h1-7,11-12H,8-9H2,(H,19,21). The van der Waals surface area contributed by atoms with Crippen LogP contribution in [0.4, 0.5) is 5.82 Å². The smallest absolute Gasteiger partial charge is 0.158 e. The number of anilines is 1. The highest BCUT2D eigenvalue weighted by Gasteiger charge is 2.01. The van der Waals surface area contributed by atoms with Crippen molar-refractivity contribution in [2.24, 2.45) is 0 Å². The number of hydrogen-bond acceptors (Lipinski definition) is 5. The van der Waals surface area contributed by atoms with Gasteiger partial charge in [0.25, 0.3) is 0 Å². The first-order valence-electron chi connectivity index (χ1n) is 6.93. The summed E-state index contributed by atoms with van der Waals surface area (Å²) in [7, 11) is 0. The third-order valence-electron chi connectivity index (χ3n) is 3.18. The molecule has 1 heterocycles. The molecule has 0 unspecified atom stereocenters. The van der Waals surface area contributed by atoms with Crippen molar-refractivity contribution in [2.45, 2.75) is 0 Å². The van der Waals surface area contributed by atoms with Crippen molar-refractivity contribution in [3.8, 4) is 11.8 Å². The maximum Gasteiger partial charge on any atom is 0.158 e. The molecule has 0 bridgehead atoms. The van der Waals surface area contributed by atoms with Gasteiger partial charge in [-0.25, -0.2) is 9.97 Å². The van der Waals surface area contributed by atoms with Gasteiger partial charge in [-0.2, -0.15) is 5.26 Å². The summed E-state index contributed by atoms with van der Waals surface area (Å²) < 4.78 is 5.82. The Hall–Kier alpha value is -3.13. The number of benzene rings is 2. The second-order valence-corrected chi connectivity index (χ2v) is 4.65. The lowest BCUT2D eigenvalue weighted by molar-refractivity contribution is 0.336. The molecular weight excluding hydrogens is 276 g/mol. The molecule has 0 amide bonds. The van der Waals surface area contributed by atoms with Crippen LogP contribution >= 0.6 is 0 Å². The number of nitrogens with zero attached hydrogens (tertiary/aromatic N) is 3. The van der Waals surface area contributed by atoms with Gasteiger partial charge < -0.3 is 10.1 Å². The van der Waals surface area contributed by atoms with Crippen molar-refractivity contribution in [2.75, 3.05) is 18.5 Å². The van der Waals surface area contributed by atoms with E-state index in [0.717, 1.165) is 16.5 Å². The van der Waals surface area contributed by atoms with E-state index in [1.54, 1.807) is 0 Å². The van der Waals surface area contributed by atoms with Crippen LogP contribution in [-0.4, -0.2) is 23.1 Å². The zero-order valence-corrected chi connectivity index (χ0v) is 11.9. The molecule has 0 spiro atoms. The van der Waals surface area contributed by atoms with Gasteiger partial charge in [-0.15, -0.1) is 0 Å². The molecule has 0 saturated carbocycles. The van der Waals surface area contributed by atoms with E-state index in [1.807, 2.05) is 36.4 Å². The Kier molecular flexibility index (Phi) is 4.12. The van der Waals surface area contributed by atoms with E-state index >= 15 is 0 Å². The number of nitrogens with one attached hydrogen (secondary N) is 1. The molecule has 0 fully saturated rings. The Balaban J connectivity index is 1.57. The molecule has 0 atom stereocenters. The first-order chi connectivity index (χ1) is 10.9. The average Bonchev–Trinajstić information content (AvgIpc) is 2.59. The fraction of sp³-hybridized carbons (Fsp3) is 0.118. The monoisotopic (exact) mass is 290 g/mol. The minimum atomic E-state index is 0.303. The zero-order chi connectivity index (χ0) is 15.2. The first-order valence-corrected chi connectivity index (χ1v) is 6.93. The minimum Gasteiger partial charge on any atom is -0.491 e. The van der Waals surface area contributed by atoms with Crippen molar-refractivity contribution < 1.29 is 4.74 Å². The Bertz CT molecular complexity index is 804. The predicted octanol–water partition coefficient (Wildman–Crippen LogP) is 2.99. The Labute approximate surface area is 128 Å². The summed E-state index contributed by atoms with van der Waals surface area (Å²) in [4.78, 5) is 8.04. The molecule has 0 aliphatic carbocycles. The van der Waals surface area contributed by atoms with Crippen LogP contribution in [-0.2, 0) is 0 Å². The molecule has 3 rings (SSSR count). The van der Waals surface area contributed by atoms with Gasteiger partial charge in [0.1, 0.15) is 24.2 Å². The van der Waals surface area contributed by atoms with Crippen LogP contribution in [0.1, 0.15) is 5.69 Å². The molecule has 5 nitrogen and oxygen atoms in total. The molecule has 0 aliphatic heterocycles. The first kappa shape index (κ1) is 13.8. The Morgan fingerprint density at radius 1 is 1.05 bits per heavy atom. The molecule has 5 heteroatoms. The van der Waals surface area contributed by atoms with Gasteiger partial charge in [0.15, 0.2) is 5.69 Å². The normalized spacial score (nSPS) is 10.1. The second-order valence-electron chi connectivity index (χ2n) is 4.65. The van der Waals surface area contributed by atoms with Crippen molar-refractivity contribution in [3.63, 3.8) is 0 Å². The van der Waals surface area contributed by atoms with Crippen molar-refractivity contribution in [1.29, 1.82) is 5.26 Å². The zero-order valence-electron chi connectivity index (χ0n) is 11.9. The number of aromatic nitrogens is 2. The van der Waals surface area contributed by atoms with Crippen LogP contribution in [0.5, 0.6) is 5.75 Å². The van der Waals surface area contributed by atoms with Gasteiger partial charge in [0.05, 0.1) is 18.9 Å². The molecule has 1 aromatic heterocycles. The number of nitriles is 1. The van der Waals surface area contributed by atoms with E-state index in [4.69, 9.17) is 10.00 Å². The van der Waals surface area contributed by atoms with E-state index in [0.29, 0.717) is 24.7 Å². The summed E-state index contributed by atoms with van der Waals surface area (Å²) in [6, 6.07) is 16.1. The quantitative estimate of drug-likeness (QED) is 0.731. The van der Waals surface area contributed by atoms with Crippen LogP contribution < -0.4 is 10.1 Å². The Morgan fingerprint density at radius 3 is 2.73 bits per heavy atom. The number of rotatable bonds is 5. The topological polar surface area (TPSA) is 70.8 Å². The highest BCUT2D eigenvalue weighted by molar-refractivity contribution is 5.88. The fourth-order valence-electron chi connectivity index (χ4n) is 2.14. The summed E-state index contributed by atoms with van der Waals surface area (Å²) in [5.41, 5.74) is 0.303. The molecule has 0 radical (unpaired) electrons. The number of fused-ring (bicyclic) bond motifs is 1. The maximum atomic E-state index is 8.66.